The molecule has 144 valence electrons. The first-order valence-corrected chi connectivity index (χ1v) is 9.91. The van der Waals surface area contributed by atoms with Gasteiger partial charge in [0.25, 0.3) is 0 Å². The number of nitrogens with zero attached hydrogens (tertiary/aromatic N) is 1. The van der Waals surface area contributed by atoms with Crippen LogP contribution in [0.4, 0.5) is 0 Å². The van der Waals surface area contributed by atoms with Gasteiger partial charge in [-0.2, -0.15) is 0 Å². The lowest BCUT2D eigenvalue weighted by Gasteiger charge is -2.30. The van der Waals surface area contributed by atoms with Crippen molar-refractivity contribution in [3.8, 4) is 12.3 Å². The van der Waals surface area contributed by atoms with Gasteiger partial charge in [0.2, 0.25) is 5.79 Å². The molecule has 2 rings (SSSR count). The fraction of sp³-hybridized carbons (Fsp3) is 0.421. The van der Waals surface area contributed by atoms with Crippen LogP contribution in [0.3, 0.4) is 0 Å². The van der Waals surface area contributed by atoms with Gasteiger partial charge in [-0.3, -0.25) is 0 Å². The summed E-state index contributed by atoms with van der Waals surface area (Å²) in [5.74, 6) is 0.446. The number of hydrogen-bond donors (Lipinski definition) is 0. The Labute approximate surface area is 170 Å². The van der Waals surface area contributed by atoms with Gasteiger partial charge in [-0.15, -0.1) is 17.8 Å². The molecule has 8 heteroatoms. The van der Waals surface area contributed by atoms with E-state index in [9.17, 15) is 9.59 Å². The topological polar surface area (TPSA) is 74.7 Å². The predicted octanol–water partition coefficient (Wildman–Crippen LogP) is 3.66. The molecule has 1 aromatic heterocycles. The summed E-state index contributed by atoms with van der Waals surface area (Å²) in [7, 11) is 0. The molecule has 0 bridgehead atoms. The van der Waals surface area contributed by atoms with E-state index in [0.29, 0.717) is 25.0 Å². The van der Waals surface area contributed by atoms with Crippen molar-refractivity contribution in [2.24, 2.45) is 0 Å². The summed E-state index contributed by atoms with van der Waals surface area (Å²) in [6, 6.07) is 0. The zero-order chi connectivity index (χ0) is 20.0. The van der Waals surface area contributed by atoms with Gasteiger partial charge in [-0.05, 0) is 23.9 Å². The highest BCUT2D eigenvalue weighted by Crippen LogP contribution is 2.25. The Morgan fingerprint density at radius 2 is 2.22 bits per heavy atom. The van der Waals surface area contributed by atoms with Gasteiger partial charge in [0, 0.05) is 38.0 Å². The highest BCUT2D eigenvalue weighted by atomic mass is 79.9. The van der Waals surface area contributed by atoms with Crippen LogP contribution in [0.1, 0.15) is 37.9 Å². The summed E-state index contributed by atoms with van der Waals surface area (Å²) < 4.78 is 16.8. The number of aromatic nitrogens is 1. The number of halogens is 1. The lowest BCUT2D eigenvalue weighted by atomic mass is 10.2. The quantitative estimate of drug-likeness (QED) is 0.356. The van der Waals surface area contributed by atoms with Gasteiger partial charge in [0.1, 0.15) is 11.9 Å². The zero-order valence-corrected chi connectivity index (χ0v) is 17.7. The van der Waals surface area contributed by atoms with Crippen molar-refractivity contribution in [3.63, 3.8) is 0 Å². The zero-order valence-electron chi connectivity index (χ0n) is 15.3. The molecule has 0 fully saturated rings. The normalized spacial score (nSPS) is 17.2. The molecule has 1 aliphatic heterocycles. The van der Waals surface area contributed by atoms with Gasteiger partial charge in [-0.1, -0.05) is 15.9 Å². The van der Waals surface area contributed by atoms with Crippen LogP contribution in [0.2, 0.25) is 0 Å². The van der Waals surface area contributed by atoms with Crippen LogP contribution in [0.5, 0.6) is 0 Å². The molecule has 0 amide bonds. The number of thiazole rings is 1. The Morgan fingerprint density at radius 1 is 1.48 bits per heavy atom. The molecular weight excluding hydrogens is 434 g/mol. The smallest absolute Gasteiger partial charge is 0.384 e. The number of esters is 2. The SMILES string of the molecule is C#CC(=O)O[C@H](/C=C(\C)Br)Cc1nc(CCC2=CC(=O)OC(C)(C)O2)cs1. The molecule has 0 N–H and O–H groups in total. The minimum atomic E-state index is -0.956. The van der Waals surface area contributed by atoms with E-state index in [0.717, 1.165) is 15.2 Å². The highest BCUT2D eigenvalue weighted by molar-refractivity contribution is 9.11. The van der Waals surface area contributed by atoms with E-state index < -0.39 is 23.8 Å². The fourth-order valence-electron chi connectivity index (χ4n) is 2.44. The number of terminal acetylenes is 1. The lowest BCUT2D eigenvalue weighted by molar-refractivity contribution is -0.205. The third kappa shape index (κ3) is 7.19. The van der Waals surface area contributed by atoms with E-state index >= 15 is 0 Å². The fourth-order valence-corrected chi connectivity index (χ4v) is 3.60. The average molecular weight is 454 g/mol. The molecule has 0 spiro atoms. The van der Waals surface area contributed by atoms with Crippen LogP contribution in [0, 0.1) is 12.3 Å². The Bertz CT molecular complexity index is 814. The maximum absolute atomic E-state index is 11.6. The maximum atomic E-state index is 11.6. The van der Waals surface area contributed by atoms with Crippen LogP contribution in [-0.4, -0.2) is 28.8 Å². The van der Waals surface area contributed by atoms with Crippen LogP contribution in [0.15, 0.2) is 27.8 Å². The van der Waals surface area contributed by atoms with E-state index in [1.165, 1.54) is 17.4 Å². The number of carbonyl (C=O) groups excluding carboxylic acids is 2. The van der Waals surface area contributed by atoms with E-state index in [4.69, 9.17) is 20.6 Å². The summed E-state index contributed by atoms with van der Waals surface area (Å²) in [4.78, 5) is 27.5. The number of cyclic esters (lactones) is 1. The first-order valence-electron chi connectivity index (χ1n) is 8.24. The summed E-state index contributed by atoms with van der Waals surface area (Å²) in [5, 5.41) is 2.76. The molecule has 0 aliphatic carbocycles. The monoisotopic (exact) mass is 453 g/mol. The van der Waals surface area contributed by atoms with Crippen molar-refractivity contribution in [1.82, 2.24) is 4.98 Å². The second-order valence-corrected chi connectivity index (χ2v) is 8.51. The Balaban J connectivity index is 1.97. The van der Waals surface area contributed by atoms with Gasteiger partial charge in [0.15, 0.2) is 0 Å². The van der Waals surface area contributed by atoms with Crippen LogP contribution in [0.25, 0.3) is 0 Å². The maximum Gasteiger partial charge on any atom is 0.384 e. The minimum Gasteiger partial charge on any atom is -0.457 e. The summed E-state index contributed by atoms with van der Waals surface area (Å²) >= 11 is 4.81. The molecule has 1 atom stereocenters. The van der Waals surface area contributed by atoms with Gasteiger partial charge < -0.3 is 14.2 Å². The van der Waals surface area contributed by atoms with Gasteiger partial charge >= 0.3 is 11.9 Å². The Morgan fingerprint density at radius 3 is 2.85 bits per heavy atom. The van der Waals surface area contributed by atoms with Crippen LogP contribution >= 0.6 is 27.3 Å². The van der Waals surface area contributed by atoms with E-state index in [1.54, 1.807) is 19.9 Å². The third-order valence-corrected chi connectivity index (χ3v) is 4.58. The first-order chi connectivity index (χ1) is 12.7. The minimum absolute atomic E-state index is 0.407. The van der Waals surface area contributed by atoms with Crippen molar-refractivity contribution >= 4 is 39.2 Å². The average Bonchev–Trinajstić information content (AvgIpc) is 2.97. The third-order valence-electron chi connectivity index (χ3n) is 3.40. The number of ether oxygens (including phenoxy) is 3. The molecule has 1 aliphatic rings. The van der Waals surface area contributed by atoms with Gasteiger partial charge in [0.05, 0.1) is 16.8 Å². The molecule has 0 saturated heterocycles. The first kappa shape index (κ1) is 21.2. The number of aryl methyl sites for hydroxylation is 1. The van der Waals surface area contributed by atoms with Crippen molar-refractivity contribution in [2.75, 3.05) is 0 Å². The van der Waals surface area contributed by atoms with E-state index in [1.807, 2.05) is 18.2 Å². The Hall–Kier alpha value is -2.11. The predicted molar refractivity (Wildman–Crippen MR) is 105 cm³/mol. The second-order valence-electron chi connectivity index (χ2n) is 6.31. The molecule has 0 aromatic carbocycles. The molecule has 27 heavy (non-hydrogen) atoms. The molecule has 0 unspecified atom stereocenters. The van der Waals surface area contributed by atoms with Crippen LogP contribution < -0.4 is 0 Å². The number of rotatable bonds is 7. The lowest BCUT2D eigenvalue weighted by Crippen LogP contribution is -2.34. The van der Waals surface area contributed by atoms with Crippen molar-refractivity contribution in [3.05, 3.63) is 38.5 Å². The van der Waals surface area contributed by atoms with Crippen LogP contribution in [-0.2, 0) is 36.6 Å². The molecule has 6 nitrogen and oxygen atoms in total. The molecule has 1 aromatic rings. The molecule has 2 heterocycles. The molecule has 0 saturated carbocycles. The number of allylic oxidation sites excluding steroid dienone is 2. The number of carbonyl (C=O) groups is 2. The number of hydrogen-bond acceptors (Lipinski definition) is 7. The second kappa shape index (κ2) is 9.20. The van der Waals surface area contributed by atoms with Crippen molar-refractivity contribution in [1.29, 1.82) is 0 Å². The highest BCUT2D eigenvalue weighted by Gasteiger charge is 2.29. The van der Waals surface area contributed by atoms with Crippen molar-refractivity contribution < 1.29 is 23.8 Å². The molecule has 0 radical (unpaired) electrons. The van der Waals surface area contributed by atoms with E-state index in [2.05, 4.69) is 20.9 Å². The van der Waals surface area contributed by atoms with Gasteiger partial charge in [-0.25, -0.2) is 14.6 Å². The standard InChI is InChI=1S/C19H20BrNO5S/c1-5-17(22)24-15(8-12(2)20)9-16-21-13(11-27-16)6-7-14-10-18(23)26-19(3,4)25-14/h1,8,10-11,15H,6-7,9H2,2-4H3/b12-8+/t15-/m1/s1. The largest absolute Gasteiger partial charge is 0.457 e. The van der Waals surface area contributed by atoms with E-state index in [-0.39, 0.29) is 0 Å². The summed E-state index contributed by atoms with van der Waals surface area (Å²) in [6.07, 6.45) is 9.29. The Kier molecular flexibility index (Phi) is 7.22. The molecular formula is C19H20BrNO5S. The summed E-state index contributed by atoms with van der Waals surface area (Å²) in [5.41, 5.74) is 0.873. The summed E-state index contributed by atoms with van der Waals surface area (Å²) in [6.45, 7) is 5.22. The van der Waals surface area contributed by atoms with Crippen molar-refractivity contribution in [2.45, 2.75) is 51.9 Å².